The van der Waals surface area contributed by atoms with Crippen molar-refractivity contribution in [1.29, 1.82) is 0 Å². The van der Waals surface area contributed by atoms with Gasteiger partial charge in [0.05, 0.1) is 0 Å². The van der Waals surface area contributed by atoms with Crippen molar-refractivity contribution in [3.8, 4) is 0 Å². The molecule has 0 saturated carbocycles. The highest BCUT2D eigenvalue weighted by atomic mass is 16.1. The first-order valence-corrected chi connectivity index (χ1v) is 3.38. The van der Waals surface area contributed by atoms with Crippen molar-refractivity contribution in [2.45, 2.75) is 0 Å². The Morgan fingerprint density at radius 2 is 1.82 bits per heavy atom. The van der Waals surface area contributed by atoms with Crippen LogP contribution in [-0.4, -0.2) is 5.91 Å². The van der Waals surface area contributed by atoms with Crippen molar-refractivity contribution in [2.24, 2.45) is 0 Å². The molecule has 0 fully saturated rings. The number of carbonyl (C=O) groups excluding carboxylic acids is 1. The van der Waals surface area contributed by atoms with Crippen LogP contribution < -0.4 is 5.32 Å². The lowest BCUT2D eigenvalue weighted by molar-refractivity contribution is -0.111. The second-order valence-corrected chi connectivity index (χ2v) is 2.51. The van der Waals surface area contributed by atoms with Crippen molar-refractivity contribution < 1.29 is 4.79 Å². The summed E-state index contributed by atoms with van der Waals surface area (Å²) in [4.78, 5) is 11.1. The second kappa shape index (κ2) is 1.95. The molecule has 0 radical (unpaired) electrons. The van der Waals surface area contributed by atoms with E-state index in [1.165, 1.54) is 0 Å². The molecule has 2 heterocycles. The summed E-state index contributed by atoms with van der Waals surface area (Å²) in [6, 6.07) is 7.50. The van der Waals surface area contributed by atoms with E-state index >= 15 is 0 Å². The lowest BCUT2D eigenvalue weighted by Gasteiger charge is -1.97. The number of hydrogen-bond acceptors (Lipinski definition) is 1. The predicted molar refractivity (Wildman–Crippen MR) is 44.1 cm³/mol. The highest BCUT2D eigenvalue weighted by molar-refractivity contribution is 6.25. The maximum Gasteiger partial charge on any atom is 0.255 e. The molecule has 2 aliphatic rings. The third-order valence-electron chi connectivity index (χ3n) is 1.77. The van der Waals surface area contributed by atoms with Gasteiger partial charge in [0.15, 0.2) is 0 Å². The Morgan fingerprint density at radius 1 is 1.18 bits per heavy atom. The first-order valence-electron chi connectivity index (χ1n) is 3.38. The quantitative estimate of drug-likeness (QED) is 0.552. The zero-order valence-corrected chi connectivity index (χ0v) is 5.92. The van der Waals surface area contributed by atoms with E-state index in [0.717, 1.165) is 11.3 Å². The zero-order valence-electron chi connectivity index (χ0n) is 5.92. The topological polar surface area (TPSA) is 29.1 Å². The van der Waals surface area contributed by atoms with Crippen LogP contribution >= 0.6 is 0 Å². The number of rotatable bonds is 0. The van der Waals surface area contributed by atoms with Crippen LogP contribution in [0.25, 0.3) is 5.57 Å². The van der Waals surface area contributed by atoms with E-state index in [4.69, 9.17) is 0 Å². The second-order valence-electron chi connectivity index (χ2n) is 2.51. The van der Waals surface area contributed by atoms with E-state index in [1.807, 2.05) is 24.3 Å². The minimum Gasteiger partial charge on any atom is -0.322 e. The number of benzene rings is 1. The highest BCUT2D eigenvalue weighted by Crippen LogP contribution is 2.21. The lowest BCUT2D eigenvalue weighted by atomic mass is 10.1. The fourth-order valence-corrected chi connectivity index (χ4v) is 1.09. The molecule has 0 atom stereocenters. The fourth-order valence-electron chi connectivity index (χ4n) is 1.09. The number of hydrogen-bond donors (Lipinski definition) is 1. The Hall–Kier alpha value is -1.57. The summed E-state index contributed by atoms with van der Waals surface area (Å²) < 4.78 is 0. The van der Waals surface area contributed by atoms with Gasteiger partial charge in [-0.25, -0.2) is 0 Å². The summed E-state index contributed by atoms with van der Waals surface area (Å²) in [7, 11) is 0. The summed E-state index contributed by atoms with van der Waals surface area (Å²) in [5.74, 6) is -0.106. The van der Waals surface area contributed by atoms with Crippen LogP contribution in [0.15, 0.2) is 30.8 Å². The molecule has 1 N–H and O–H groups in total. The van der Waals surface area contributed by atoms with Gasteiger partial charge >= 0.3 is 0 Å². The normalized spacial score (nSPS) is 14.5. The van der Waals surface area contributed by atoms with Crippen LogP contribution in [0.5, 0.6) is 0 Å². The highest BCUT2D eigenvalue weighted by Gasteiger charge is 2.13. The largest absolute Gasteiger partial charge is 0.322 e. The van der Waals surface area contributed by atoms with E-state index in [1.54, 1.807) is 0 Å². The minimum absolute atomic E-state index is 0.106. The van der Waals surface area contributed by atoms with E-state index in [-0.39, 0.29) is 5.91 Å². The number of amides is 1. The minimum atomic E-state index is -0.106. The maximum absolute atomic E-state index is 11.1. The molecule has 2 bridgehead atoms. The number of carbonyl (C=O) groups is 1. The van der Waals surface area contributed by atoms with Gasteiger partial charge in [-0.05, 0) is 17.7 Å². The van der Waals surface area contributed by atoms with Gasteiger partial charge in [-0.1, -0.05) is 18.7 Å². The van der Waals surface area contributed by atoms with Gasteiger partial charge < -0.3 is 5.32 Å². The lowest BCUT2D eigenvalue weighted by Crippen LogP contribution is -2.09. The number of fused-ring (bicyclic) bond motifs is 4. The smallest absolute Gasteiger partial charge is 0.255 e. The average Bonchev–Trinajstić information content (AvgIpc) is 2.22. The van der Waals surface area contributed by atoms with Gasteiger partial charge in [0.1, 0.15) is 0 Å². The first-order chi connectivity index (χ1) is 5.27. The number of anilines is 1. The molecular weight excluding hydrogens is 138 g/mol. The van der Waals surface area contributed by atoms with Crippen LogP contribution in [0.4, 0.5) is 5.69 Å². The Bertz CT molecular complexity index is 324. The van der Waals surface area contributed by atoms with Gasteiger partial charge in [-0.15, -0.1) is 0 Å². The number of nitrogens with one attached hydrogen (secondary N) is 1. The van der Waals surface area contributed by atoms with Crippen LogP contribution in [0, 0.1) is 0 Å². The molecule has 0 aromatic heterocycles. The Morgan fingerprint density at radius 3 is 2.45 bits per heavy atom. The molecule has 1 amide bonds. The van der Waals surface area contributed by atoms with Crippen LogP contribution in [0.3, 0.4) is 0 Å². The summed E-state index contributed by atoms with van der Waals surface area (Å²) in [5.41, 5.74) is 2.26. The van der Waals surface area contributed by atoms with Crippen LogP contribution in [-0.2, 0) is 4.79 Å². The molecule has 0 aliphatic carbocycles. The molecule has 1 aromatic carbocycles. The van der Waals surface area contributed by atoms with Crippen molar-refractivity contribution in [3.63, 3.8) is 0 Å². The standard InChI is InChI=1S/C9H7NO/c1-6-7-2-4-8(5-3-7)10-9(6)11/h2-5H,1H2,(H,10,11). The summed E-state index contributed by atoms with van der Waals surface area (Å²) >= 11 is 0. The Kier molecular flexibility index (Phi) is 1.09. The molecule has 0 unspecified atom stereocenters. The average molecular weight is 145 g/mol. The molecule has 54 valence electrons. The molecule has 0 saturated heterocycles. The molecule has 0 spiro atoms. The van der Waals surface area contributed by atoms with Crippen LogP contribution in [0.2, 0.25) is 0 Å². The summed E-state index contributed by atoms with van der Waals surface area (Å²) in [6.45, 7) is 3.67. The van der Waals surface area contributed by atoms with E-state index in [2.05, 4.69) is 11.9 Å². The van der Waals surface area contributed by atoms with Crippen molar-refractivity contribution in [3.05, 3.63) is 36.4 Å². The van der Waals surface area contributed by atoms with Gasteiger partial charge in [-0.2, -0.15) is 0 Å². The molecular formula is C9H7NO. The first kappa shape index (κ1) is 6.16. The van der Waals surface area contributed by atoms with E-state index in [9.17, 15) is 4.79 Å². The monoisotopic (exact) mass is 145 g/mol. The van der Waals surface area contributed by atoms with E-state index in [0.29, 0.717) is 5.57 Å². The third kappa shape index (κ3) is 0.835. The molecule has 2 heteroatoms. The summed E-state index contributed by atoms with van der Waals surface area (Å²) in [5, 5.41) is 2.70. The molecule has 3 rings (SSSR count). The van der Waals surface area contributed by atoms with Crippen LogP contribution in [0.1, 0.15) is 5.56 Å². The third-order valence-corrected chi connectivity index (χ3v) is 1.77. The summed E-state index contributed by atoms with van der Waals surface area (Å²) in [6.07, 6.45) is 0. The van der Waals surface area contributed by atoms with Gasteiger partial charge in [0, 0.05) is 11.3 Å². The molecule has 2 aliphatic heterocycles. The van der Waals surface area contributed by atoms with Gasteiger partial charge in [-0.3, -0.25) is 4.79 Å². The Balaban J connectivity index is 2.64. The molecule has 2 nitrogen and oxygen atoms in total. The van der Waals surface area contributed by atoms with Gasteiger partial charge in [0.2, 0.25) is 0 Å². The zero-order chi connectivity index (χ0) is 7.84. The predicted octanol–water partition coefficient (Wildman–Crippen LogP) is 1.65. The van der Waals surface area contributed by atoms with E-state index < -0.39 is 0 Å². The fraction of sp³-hybridized carbons (Fsp3) is 0. The maximum atomic E-state index is 11.1. The molecule has 1 aromatic rings. The van der Waals surface area contributed by atoms with Crippen molar-refractivity contribution in [2.75, 3.05) is 5.32 Å². The molecule has 11 heavy (non-hydrogen) atoms. The Labute approximate surface area is 64.5 Å². The van der Waals surface area contributed by atoms with Crippen molar-refractivity contribution in [1.82, 2.24) is 0 Å². The SMILES string of the molecule is C=C1C(=O)Nc2ccc1cc2. The van der Waals surface area contributed by atoms with Gasteiger partial charge in [0.25, 0.3) is 5.91 Å². The van der Waals surface area contributed by atoms with Crippen molar-refractivity contribution >= 4 is 17.2 Å².